The van der Waals surface area contributed by atoms with E-state index < -0.39 is 0 Å². The number of nitrogens with zero attached hydrogens (tertiary/aromatic N) is 1. The molecule has 1 aromatic carbocycles. The molecule has 1 aliphatic rings. The van der Waals surface area contributed by atoms with Crippen molar-refractivity contribution in [1.29, 1.82) is 0 Å². The van der Waals surface area contributed by atoms with E-state index in [1.807, 2.05) is 4.90 Å². The molecule has 92 valence electrons. The van der Waals surface area contributed by atoms with E-state index in [-0.39, 0.29) is 11.7 Å². The minimum atomic E-state index is -0.311. The highest BCUT2D eigenvalue weighted by atomic mass is 79.9. The maximum absolute atomic E-state index is 12.8. The molecule has 2 rings (SSSR count). The third-order valence-electron chi connectivity index (χ3n) is 3.18. The van der Waals surface area contributed by atoms with Crippen molar-refractivity contribution in [2.45, 2.75) is 18.2 Å². The van der Waals surface area contributed by atoms with Crippen molar-refractivity contribution in [3.05, 3.63) is 35.6 Å². The Hall–Kier alpha value is -0.900. The number of carbonyl (C=O) groups is 1. The standard InChI is InChI=1S/C13H15BrFNO/c1-9-8-16(7-6-12(9)14)13(17)10-2-4-11(15)5-3-10/h2-5,9,12H,6-8H2,1H3. The fourth-order valence-corrected chi connectivity index (χ4v) is 2.45. The average Bonchev–Trinajstić information content (AvgIpc) is 2.33. The molecule has 1 heterocycles. The number of piperidine rings is 1. The Morgan fingerprint density at radius 3 is 2.65 bits per heavy atom. The number of rotatable bonds is 1. The van der Waals surface area contributed by atoms with Gasteiger partial charge in [-0.3, -0.25) is 4.79 Å². The average molecular weight is 300 g/mol. The zero-order chi connectivity index (χ0) is 12.4. The summed E-state index contributed by atoms with van der Waals surface area (Å²) in [6.45, 7) is 3.64. The normalized spacial score (nSPS) is 24.8. The summed E-state index contributed by atoms with van der Waals surface area (Å²) in [4.78, 5) is 14.5. The molecule has 2 nitrogen and oxygen atoms in total. The van der Waals surface area contributed by atoms with Gasteiger partial charge in [-0.25, -0.2) is 4.39 Å². The summed E-state index contributed by atoms with van der Waals surface area (Å²) in [7, 11) is 0. The van der Waals surface area contributed by atoms with Crippen LogP contribution in [0, 0.1) is 11.7 Å². The monoisotopic (exact) mass is 299 g/mol. The molecule has 0 spiro atoms. The highest BCUT2D eigenvalue weighted by Gasteiger charge is 2.27. The lowest BCUT2D eigenvalue weighted by Gasteiger charge is -2.34. The quantitative estimate of drug-likeness (QED) is 0.730. The lowest BCUT2D eigenvalue weighted by molar-refractivity contribution is 0.0690. The van der Waals surface area contributed by atoms with Gasteiger partial charge in [0, 0.05) is 23.5 Å². The van der Waals surface area contributed by atoms with Crippen molar-refractivity contribution < 1.29 is 9.18 Å². The van der Waals surface area contributed by atoms with E-state index in [9.17, 15) is 9.18 Å². The molecule has 2 atom stereocenters. The van der Waals surface area contributed by atoms with E-state index in [1.165, 1.54) is 12.1 Å². The second kappa shape index (κ2) is 5.17. The lowest BCUT2D eigenvalue weighted by Crippen LogP contribution is -2.43. The molecule has 17 heavy (non-hydrogen) atoms. The van der Waals surface area contributed by atoms with Crippen LogP contribution in [0.25, 0.3) is 0 Å². The summed E-state index contributed by atoms with van der Waals surface area (Å²) < 4.78 is 12.8. The minimum absolute atomic E-state index is 0.00347. The van der Waals surface area contributed by atoms with Gasteiger partial charge in [-0.2, -0.15) is 0 Å². The van der Waals surface area contributed by atoms with Gasteiger partial charge in [0.05, 0.1) is 0 Å². The summed E-state index contributed by atoms with van der Waals surface area (Å²) in [6.07, 6.45) is 0.966. The maximum atomic E-state index is 12.8. The van der Waals surface area contributed by atoms with E-state index in [0.717, 1.165) is 19.5 Å². The molecule has 1 saturated heterocycles. The number of alkyl halides is 1. The largest absolute Gasteiger partial charge is 0.338 e. The van der Waals surface area contributed by atoms with E-state index in [0.29, 0.717) is 16.3 Å². The molecule has 2 unspecified atom stereocenters. The Morgan fingerprint density at radius 2 is 2.06 bits per heavy atom. The van der Waals surface area contributed by atoms with Crippen LogP contribution in [0.1, 0.15) is 23.7 Å². The first-order valence-corrected chi connectivity index (χ1v) is 6.68. The Kier molecular flexibility index (Phi) is 3.82. The Bertz CT molecular complexity index is 406. The number of halogens is 2. The van der Waals surface area contributed by atoms with Gasteiger partial charge in [0.2, 0.25) is 0 Å². The first kappa shape index (κ1) is 12.6. The van der Waals surface area contributed by atoms with Crippen LogP contribution in [-0.4, -0.2) is 28.7 Å². The topological polar surface area (TPSA) is 20.3 Å². The number of benzene rings is 1. The van der Waals surface area contributed by atoms with Crippen molar-refractivity contribution >= 4 is 21.8 Å². The highest BCUT2D eigenvalue weighted by Crippen LogP contribution is 2.24. The SMILES string of the molecule is CC1CN(C(=O)c2ccc(F)cc2)CCC1Br. The number of hydrogen-bond donors (Lipinski definition) is 0. The van der Waals surface area contributed by atoms with Gasteiger partial charge in [0.1, 0.15) is 5.82 Å². The van der Waals surface area contributed by atoms with Crippen molar-refractivity contribution in [3.8, 4) is 0 Å². The number of hydrogen-bond acceptors (Lipinski definition) is 1. The Balaban J connectivity index is 2.08. The van der Waals surface area contributed by atoms with Crippen LogP contribution in [0.5, 0.6) is 0 Å². The molecule has 0 radical (unpaired) electrons. The van der Waals surface area contributed by atoms with E-state index >= 15 is 0 Å². The summed E-state index contributed by atoms with van der Waals surface area (Å²) >= 11 is 3.61. The smallest absolute Gasteiger partial charge is 0.253 e. The molecular weight excluding hydrogens is 285 g/mol. The van der Waals surface area contributed by atoms with Crippen LogP contribution in [0.3, 0.4) is 0 Å². The molecule has 1 amide bonds. The fraction of sp³-hybridized carbons (Fsp3) is 0.462. The molecule has 0 bridgehead atoms. The molecule has 0 aliphatic carbocycles. The van der Waals surface area contributed by atoms with Crippen LogP contribution in [0.4, 0.5) is 4.39 Å². The van der Waals surface area contributed by atoms with Crippen LogP contribution >= 0.6 is 15.9 Å². The molecule has 0 N–H and O–H groups in total. The van der Waals surface area contributed by atoms with Gasteiger partial charge in [0.25, 0.3) is 5.91 Å². The maximum Gasteiger partial charge on any atom is 0.253 e. The van der Waals surface area contributed by atoms with Crippen LogP contribution < -0.4 is 0 Å². The van der Waals surface area contributed by atoms with E-state index in [1.54, 1.807) is 12.1 Å². The van der Waals surface area contributed by atoms with Crippen molar-refractivity contribution in [2.24, 2.45) is 5.92 Å². The second-order valence-electron chi connectivity index (χ2n) is 4.54. The van der Waals surface area contributed by atoms with Gasteiger partial charge in [-0.1, -0.05) is 22.9 Å². The van der Waals surface area contributed by atoms with Gasteiger partial charge in [0.15, 0.2) is 0 Å². The minimum Gasteiger partial charge on any atom is -0.338 e. The summed E-state index contributed by atoms with van der Waals surface area (Å²) in [5, 5.41) is 0. The predicted octanol–water partition coefficient (Wildman–Crippen LogP) is 3.07. The van der Waals surface area contributed by atoms with E-state index in [4.69, 9.17) is 0 Å². The summed E-state index contributed by atoms with van der Waals surface area (Å²) in [6, 6.07) is 5.74. The summed E-state index contributed by atoms with van der Waals surface area (Å²) in [5.41, 5.74) is 0.562. The third-order valence-corrected chi connectivity index (χ3v) is 4.54. The van der Waals surface area contributed by atoms with Crippen molar-refractivity contribution in [1.82, 2.24) is 4.90 Å². The Labute approximate surface area is 109 Å². The lowest BCUT2D eigenvalue weighted by atomic mass is 9.99. The molecule has 0 aromatic heterocycles. The molecular formula is C13H15BrFNO. The molecule has 1 aliphatic heterocycles. The number of likely N-dealkylation sites (tertiary alicyclic amines) is 1. The molecule has 1 aromatic rings. The van der Waals surface area contributed by atoms with Gasteiger partial charge in [-0.05, 0) is 36.6 Å². The molecule has 4 heteroatoms. The van der Waals surface area contributed by atoms with Gasteiger partial charge >= 0.3 is 0 Å². The van der Waals surface area contributed by atoms with Crippen molar-refractivity contribution in [3.63, 3.8) is 0 Å². The summed E-state index contributed by atoms with van der Waals surface area (Å²) in [5.74, 6) is 0.137. The first-order chi connectivity index (χ1) is 8.08. The Morgan fingerprint density at radius 1 is 1.41 bits per heavy atom. The zero-order valence-electron chi connectivity index (χ0n) is 9.70. The fourth-order valence-electron chi connectivity index (χ4n) is 2.08. The molecule has 1 fully saturated rings. The zero-order valence-corrected chi connectivity index (χ0v) is 11.3. The highest BCUT2D eigenvalue weighted by molar-refractivity contribution is 9.09. The molecule has 0 saturated carbocycles. The number of carbonyl (C=O) groups excluding carboxylic acids is 1. The van der Waals surface area contributed by atoms with Crippen LogP contribution in [0.2, 0.25) is 0 Å². The van der Waals surface area contributed by atoms with E-state index in [2.05, 4.69) is 22.9 Å². The predicted molar refractivity (Wildman–Crippen MR) is 68.8 cm³/mol. The van der Waals surface area contributed by atoms with Gasteiger partial charge < -0.3 is 4.90 Å². The first-order valence-electron chi connectivity index (χ1n) is 5.77. The van der Waals surface area contributed by atoms with Crippen LogP contribution in [0.15, 0.2) is 24.3 Å². The third kappa shape index (κ3) is 2.86. The second-order valence-corrected chi connectivity index (χ2v) is 5.72. The van der Waals surface area contributed by atoms with Gasteiger partial charge in [-0.15, -0.1) is 0 Å². The number of amides is 1. The van der Waals surface area contributed by atoms with Crippen LogP contribution in [-0.2, 0) is 0 Å². The van der Waals surface area contributed by atoms with Crippen molar-refractivity contribution in [2.75, 3.05) is 13.1 Å².